The number of nitrogens with zero attached hydrogens (tertiary/aromatic N) is 1. The first-order valence-corrected chi connectivity index (χ1v) is 6.22. The van der Waals surface area contributed by atoms with E-state index in [1.807, 2.05) is 6.92 Å². The first-order valence-electron chi connectivity index (χ1n) is 6.22. The molecule has 0 bridgehead atoms. The number of rotatable bonds is 6. The maximum absolute atomic E-state index is 9.34. The molecule has 2 nitrogen and oxygen atoms in total. The van der Waals surface area contributed by atoms with Crippen LogP contribution in [0, 0.1) is 0 Å². The Morgan fingerprint density at radius 2 is 2.00 bits per heavy atom. The second kappa shape index (κ2) is 5.46. The fourth-order valence-corrected chi connectivity index (χ4v) is 2.00. The van der Waals surface area contributed by atoms with Gasteiger partial charge in [0.1, 0.15) is 0 Å². The van der Waals surface area contributed by atoms with Gasteiger partial charge < -0.3 is 5.11 Å². The highest BCUT2D eigenvalue weighted by atomic mass is 16.3. The number of hydrogen-bond donors (Lipinski definition) is 1. The molecule has 2 heteroatoms. The predicted octanol–water partition coefficient (Wildman–Crippen LogP) is 2.42. The largest absolute Gasteiger partial charge is 0.393 e. The molecule has 0 spiro atoms. The second-order valence-electron chi connectivity index (χ2n) is 4.82. The van der Waals surface area contributed by atoms with Crippen LogP contribution in [0.15, 0.2) is 30.3 Å². The Hall–Kier alpha value is -0.860. The van der Waals surface area contributed by atoms with E-state index in [4.69, 9.17) is 0 Å². The van der Waals surface area contributed by atoms with E-state index >= 15 is 0 Å². The van der Waals surface area contributed by atoms with Gasteiger partial charge >= 0.3 is 0 Å². The van der Waals surface area contributed by atoms with Gasteiger partial charge in [-0.15, -0.1) is 0 Å². The van der Waals surface area contributed by atoms with Gasteiger partial charge in [-0.1, -0.05) is 30.3 Å². The summed E-state index contributed by atoms with van der Waals surface area (Å²) in [6, 6.07) is 11.4. The molecule has 0 heterocycles. The molecular weight excluding hydrogens is 198 g/mol. The highest BCUT2D eigenvalue weighted by molar-refractivity contribution is 5.14. The van der Waals surface area contributed by atoms with Crippen LogP contribution >= 0.6 is 0 Å². The minimum Gasteiger partial charge on any atom is -0.393 e. The van der Waals surface area contributed by atoms with E-state index in [1.165, 1.54) is 18.4 Å². The zero-order valence-electron chi connectivity index (χ0n) is 9.97. The van der Waals surface area contributed by atoms with E-state index in [0.717, 1.165) is 25.6 Å². The average Bonchev–Trinajstić information content (AvgIpc) is 3.09. The number of aliphatic hydroxyl groups is 1. The van der Waals surface area contributed by atoms with Gasteiger partial charge in [0.2, 0.25) is 0 Å². The molecule has 0 aromatic heterocycles. The van der Waals surface area contributed by atoms with Gasteiger partial charge in [0, 0.05) is 19.1 Å². The maximum atomic E-state index is 9.34. The van der Waals surface area contributed by atoms with Crippen molar-refractivity contribution in [3.05, 3.63) is 35.9 Å². The number of aliphatic hydroxyl groups excluding tert-OH is 1. The summed E-state index contributed by atoms with van der Waals surface area (Å²) >= 11 is 0. The Morgan fingerprint density at radius 3 is 2.56 bits per heavy atom. The van der Waals surface area contributed by atoms with E-state index in [0.29, 0.717) is 0 Å². The Balaban J connectivity index is 1.87. The number of benzene rings is 1. The summed E-state index contributed by atoms with van der Waals surface area (Å²) in [5.41, 5.74) is 1.37. The van der Waals surface area contributed by atoms with Crippen molar-refractivity contribution in [1.29, 1.82) is 0 Å². The monoisotopic (exact) mass is 219 g/mol. The summed E-state index contributed by atoms with van der Waals surface area (Å²) in [6.45, 7) is 3.91. The maximum Gasteiger partial charge on any atom is 0.0524 e. The van der Waals surface area contributed by atoms with Crippen molar-refractivity contribution >= 4 is 0 Å². The molecule has 0 aliphatic heterocycles. The molecule has 1 N–H and O–H groups in total. The van der Waals surface area contributed by atoms with Crippen LogP contribution < -0.4 is 0 Å². The van der Waals surface area contributed by atoms with Crippen molar-refractivity contribution in [3.63, 3.8) is 0 Å². The van der Waals surface area contributed by atoms with E-state index in [2.05, 4.69) is 35.2 Å². The Labute approximate surface area is 97.9 Å². The minimum atomic E-state index is -0.183. The third kappa shape index (κ3) is 3.62. The summed E-state index contributed by atoms with van der Waals surface area (Å²) in [7, 11) is 0. The average molecular weight is 219 g/mol. The normalized spacial score (nSPS) is 17.7. The zero-order valence-corrected chi connectivity index (χ0v) is 9.97. The lowest BCUT2D eigenvalue weighted by Crippen LogP contribution is -2.28. The van der Waals surface area contributed by atoms with E-state index in [9.17, 15) is 5.11 Å². The van der Waals surface area contributed by atoms with E-state index < -0.39 is 0 Å². The standard InChI is InChI=1S/C14H21NO/c1-12(16)9-10-15(14-7-8-14)11-13-5-3-2-4-6-13/h2-6,12,14,16H,7-11H2,1H3. The molecule has 0 radical (unpaired) electrons. The van der Waals surface area contributed by atoms with Crippen molar-refractivity contribution in [2.45, 2.75) is 44.9 Å². The van der Waals surface area contributed by atoms with Crippen LogP contribution in [0.2, 0.25) is 0 Å². The molecule has 1 aromatic carbocycles. The SMILES string of the molecule is CC(O)CCN(Cc1ccccc1)C1CC1. The lowest BCUT2D eigenvalue weighted by atomic mass is 10.2. The quantitative estimate of drug-likeness (QED) is 0.794. The summed E-state index contributed by atoms with van der Waals surface area (Å²) in [6.07, 6.45) is 3.35. The van der Waals surface area contributed by atoms with Crippen LogP contribution in [0.5, 0.6) is 0 Å². The van der Waals surface area contributed by atoms with Crippen molar-refractivity contribution in [2.24, 2.45) is 0 Å². The topological polar surface area (TPSA) is 23.5 Å². The fraction of sp³-hybridized carbons (Fsp3) is 0.571. The van der Waals surface area contributed by atoms with Crippen LogP contribution in [-0.2, 0) is 6.54 Å². The van der Waals surface area contributed by atoms with Crippen molar-refractivity contribution in [3.8, 4) is 0 Å². The predicted molar refractivity (Wildman–Crippen MR) is 66.2 cm³/mol. The van der Waals surface area contributed by atoms with Gasteiger partial charge in [0.25, 0.3) is 0 Å². The molecule has 1 aromatic rings. The van der Waals surface area contributed by atoms with Crippen molar-refractivity contribution in [1.82, 2.24) is 4.90 Å². The van der Waals surface area contributed by atoms with E-state index in [1.54, 1.807) is 0 Å². The molecule has 1 fully saturated rings. The Kier molecular flexibility index (Phi) is 3.97. The van der Waals surface area contributed by atoms with Gasteiger partial charge in [0.15, 0.2) is 0 Å². The molecule has 1 unspecified atom stereocenters. The van der Waals surface area contributed by atoms with Gasteiger partial charge in [-0.3, -0.25) is 4.90 Å². The lowest BCUT2D eigenvalue weighted by molar-refractivity contribution is 0.150. The van der Waals surface area contributed by atoms with Crippen LogP contribution in [-0.4, -0.2) is 28.7 Å². The highest BCUT2D eigenvalue weighted by Gasteiger charge is 2.28. The molecule has 2 rings (SSSR count). The molecule has 1 aliphatic rings. The first kappa shape index (κ1) is 11.6. The third-order valence-electron chi connectivity index (χ3n) is 3.13. The molecule has 1 aliphatic carbocycles. The third-order valence-corrected chi connectivity index (χ3v) is 3.13. The van der Waals surface area contributed by atoms with Gasteiger partial charge in [-0.25, -0.2) is 0 Å². The van der Waals surface area contributed by atoms with Gasteiger partial charge in [-0.2, -0.15) is 0 Å². The van der Waals surface area contributed by atoms with Crippen LogP contribution in [0.1, 0.15) is 31.7 Å². The van der Waals surface area contributed by atoms with Crippen molar-refractivity contribution < 1.29 is 5.11 Å². The molecule has 16 heavy (non-hydrogen) atoms. The molecular formula is C14H21NO. The zero-order chi connectivity index (χ0) is 11.4. The van der Waals surface area contributed by atoms with Crippen LogP contribution in [0.25, 0.3) is 0 Å². The van der Waals surface area contributed by atoms with Crippen molar-refractivity contribution in [2.75, 3.05) is 6.54 Å². The lowest BCUT2D eigenvalue weighted by Gasteiger charge is -2.22. The molecule has 1 saturated carbocycles. The summed E-state index contributed by atoms with van der Waals surface area (Å²) in [5.74, 6) is 0. The van der Waals surface area contributed by atoms with Crippen LogP contribution in [0.3, 0.4) is 0 Å². The smallest absolute Gasteiger partial charge is 0.0524 e. The molecule has 88 valence electrons. The molecule has 0 amide bonds. The second-order valence-corrected chi connectivity index (χ2v) is 4.82. The summed E-state index contributed by atoms with van der Waals surface area (Å²) in [4.78, 5) is 2.50. The first-order chi connectivity index (χ1) is 7.75. The number of hydrogen-bond acceptors (Lipinski definition) is 2. The molecule has 0 saturated heterocycles. The minimum absolute atomic E-state index is 0.183. The van der Waals surface area contributed by atoms with Crippen LogP contribution in [0.4, 0.5) is 0 Å². The van der Waals surface area contributed by atoms with Gasteiger partial charge in [0.05, 0.1) is 6.10 Å². The highest BCUT2D eigenvalue weighted by Crippen LogP contribution is 2.28. The fourth-order valence-electron chi connectivity index (χ4n) is 2.00. The Bertz CT molecular complexity index is 306. The van der Waals surface area contributed by atoms with E-state index in [-0.39, 0.29) is 6.10 Å². The molecule has 1 atom stereocenters. The summed E-state index contributed by atoms with van der Waals surface area (Å²) in [5, 5.41) is 9.34. The van der Waals surface area contributed by atoms with Gasteiger partial charge in [-0.05, 0) is 31.7 Å². The Morgan fingerprint density at radius 1 is 1.31 bits per heavy atom. The summed E-state index contributed by atoms with van der Waals surface area (Å²) < 4.78 is 0.